The van der Waals surface area contributed by atoms with Gasteiger partial charge in [-0.3, -0.25) is 14.5 Å². The van der Waals surface area contributed by atoms with Crippen molar-refractivity contribution in [3.8, 4) is 0 Å². The van der Waals surface area contributed by atoms with E-state index >= 15 is 0 Å². The van der Waals surface area contributed by atoms with Crippen molar-refractivity contribution in [3.63, 3.8) is 0 Å². The molecule has 0 radical (unpaired) electrons. The quantitative estimate of drug-likeness (QED) is 0.594. The van der Waals surface area contributed by atoms with Crippen LogP contribution in [0.1, 0.15) is 12.5 Å². The molecule has 8 nitrogen and oxygen atoms in total. The zero-order valence-electron chi connectivity index (χ0n) is 17.3. The van der Waals surface area contributed by atoms with Crippen LogP contribution in [-0.4, -0.2) is 49.4 Å². The molecule has 2 N–H and O–H groups in total. The molecule has 3 rings (SSSR count). The first-order chi connectivity index (χ1) is 15.4. The van der Waals surface area contributed by atoms with Crippen molar-refractivity contribution in [1.29, 1.82) is 0 Å². The van der Waals surface area contributed by atoms with Crippen LogP contribution in [0.5, 0.6) is 0 Å². The summed E-state index contributed by atoms with van der Waals surface area (Å²) in [6.45, 7) is 4.37. The average molecular weight is 480 g/mol. The number of halogens is 3. The summed E-state index contributed by atoms with van der Waals surface area (Å²) in [6, 6.07) is 12.0. The number of alkyl halides is 3. The molecule has 0 fully saturated rings. The van der Waals surface area contributed by atoms with Gasteiger partial charge in [0.1, 0.15) is 5.84 Å². The smallest absolute Gasteiger partial charge is 0.326 e. The molecule has 1 aliphatic rings. The SMILES string of the molecule is C=CCN1C(=O)C(NS(=O)(=O)c2ccc(NC(C)=O)cc2)(C(F)(F)F)N=C1c1ccccc1. The van der Waals surface area contributed by atoms with Gasteiger partial charge in [0.05, 0.1) is 4.90 Å². The monoisotopic (exact) mass is 480 g/mol. The third kappa shape index (κ3) is 4.66. The number of carbonyl (C=O) groups excluding carboxylic acids is 2. The van der Waals surface area contributed by atoms with Crippen LogP contribution < -0.4 is 10.0 Å². The van der Waals surface area contributed by atoms with Gasteiger partial charge in [0.25, 0.3) is 5.91 Å². The largest absolute Gasteiger partial charge is 0.437 e. The molecule has 1 heterocycles. The number of benzene rings is 2. The van der Waals surface area contributed by atoms with E-state index in [-0.39, 0.29) is 23.6 Å². The summed E-state index contributed by atoms with van der Waals surface area (Å²) in [5.41, 5.74) is -3.33. The van der Waals surface area contributed by atoms with Crippen LogP contribution >= 0.6 is 0 Å². The first-order valence-electron chi connectivity index (χ1n) is 9.48. The van der Waals surface area contributed by atoms with Crippen molar-refractivity contribution >= 4 is 33.4 Å². The fraction of sp³-hybridized carbons (Fsp3) is 0.190. The Morgan fingerprint density at radius 1 is 1.15 bits per heavy atom. The summed E-state index contributed by atoms with van der Waals surface area (Å²) in [4.78, 5) is 27.9. The number of hydrogen-bond donors (Lipinski definition) is 2. The molecular weight excluding hydrogens is 461 g/mol. The summed E-state index contributed by atoms with van der Waals surface area (Å²) in [5.74, 6) is -2.37. The van der Waals surface area contributed by atoms with Gasteiger partial charge in [0, 0.05) is 24.7 Å². The van der Waals surface area contributed by atoms with Gasteiger partial charge in [-0.25, -0.2) is 13.4 Å². The molecule has 0 bridgehead atoms. The number of sulfonamides is 1. The van der Waals surface area contributed by atoms with Crippen molar-refractivity contribution < 1.29 is 31.2 Å². The predicted molar refractivity (Wildman–Crippen MR) is 115 cm³/mol. The van der Waals surface area contributed by atoms with Crippen LogP contribution in [0.3, 0.4) is 0 Å². The van der Waals surface area contributed by atoms with Gasteiger partial charge in [0.15, 0.2) is 0 Å². The lowest BCUT2D eigenvalue weighted by atomic mass is 10.1. The molecular formula is C21H19F3N4O4S. The Morgan fingerprint density at radius 3 is 2.27 bits per heavy atom. The summed E-state index contributed by atoms with van der Waals surface area (Å²) in [6.07, 6.45) is -4.19. The van der Waals surface area contributed by atoms with Crippen LogP contribution in [0.4, 0.5) is 18.9 Å². The molecule has 12 heteroatoms. The highest BCUT2D eigenvalue weighted by Gasteiger charge is 2.67. The molecule has 0 spiro atoms. The van der Waals surface area contributed by atoms with Gasteiger partial charge in [-0.1, -0.05) is 36.4 Å². The molecule has 33 heavy (non-hydrogen) atoms. The second-order valence-corrected chi connectivity index (χ2v) is 8.71. The van der Waals surface area contributed by atoms with Gasteiger partial charge in [-0.2, -0.15) is 17.9 Å². The molecule has 1 aliphatic heterocycles. The Labute approximate surface area is 187 Å². The maximum absolute atomic E-state index is 14.3. The predicted octanol–water partition coefficient (Wildman–Crippen LogP) is 2.66. The highest BCUT2D eigenvalue weighted by molar-refractivity contribution is 7.89. The highest BCUT2D eigenvalue weighted by atomic mass is 32.2. The number of nitrogens with zero attached hydrogens (tertiary/aromatic N) is 2. The molecule has 0 aromatic heterocycles. The molecule has 174 valence electrons. The van der Waals surface area contributed by atoms with Crippen molar-refractivity contribution in [1.82, 2.24) is 9.62 Å². The Hall–Kier alpha value is -3.51. The maximum atomic E-state index is 14.3. The zero-order valence-corrected chi connectivity index (χ0v) is 18.1. The number of rotatable bonds is 7. The van der Waals surface area contributed by atoms with E-state index in [2.05, 4.69) is 16.9 Å². The van der Waals surface area contributed by atoms with Crippen molar-refractivity contribution in [2.24, 2.45) is 4.99 Å². The minimum absolute atomic E-state index is 0.192. The number of hydrogen-bond acceptors (Lipinski definition) is 5. The standard InChI is InChI=1S/C21H19F3N4O4S/c1-3-13-28-18(15-7-5-4-6-8-15)26-20(19(28)30,21(22,23)24)27-33(31,32)17-11-9-16(10-12-17)25-14(2)29/h3-12,27H,1,13H2,2H3,(H,25,29). The summed E-state index contributed by atoms with van der Waals surface area (Å²) >= 11 is 0. The van der Waals surface area contributed by atoms with Gasteiger partial charge >= 0.3 is 11.8 Å². The number of nitrogens with one attached hydrogen (secondary N) is 2. The molecule has 2 aromatic rings. The van der Waals surface area contributed by atoms with Crippen LogP contribution in [-0.2, 0) is 19.6 Å². The van der Waals surface area contributed by atoms with E-state index in [1.165, 1.54) is 42.0 Å². The lowest BCUT2D eigenvalue weighted by Crippen LogP contribution is -2.63. The molecule has 1 unspecified atom stereocenters. The third-order valence-corrected chi connectivity index (χ3v) is 6.06. The van der Waals surface area contributed by atoms with Crippen molar-refractivity contribution in [2.75, 3.05) is 11.9 Å². The Kier molecular flexibility index (Phi) is 6.43. The Balaban J connectivity index is 2.09. The first kappa shape index (κ1) is 24.1. The number of anilines is 1. The Bertz CT molecular complexity index is 1210. The number of carbonyl (C=O) groups is 2. The number of aliphatic imine (C=N–C) groups is 1. The van der Waals surface area contributed by atoms with Crippen molar-refractivity contribution in [3.05, 3.63) is 72.8 Å². The van der Waals surface area contributed by atoms with E-state index < -0.39 is 38.6 Å². The topological polar surface area (TPSA) is 108 Å². The van der Waals surface area contributed by atoms with E-state index in [4.69, 9.17) is 0 Å². The lowest BCUT2D eigenvalue weighted by Gasteiger charge is -2.28. The summed E-state index contributed by atoms with van der Waals surface area (Å²) in [7, 11) is -4.87. The molecule has 0 saturated carbocycles. The molecule has 0 saturated heterocycles. The van der Waals surface area contributed by atoms with Crippen LogP contribution in [0.15, 0.2) is 77.1 Å². The van der Waals surface area contributed by atoms with Crippen LogP contribution in [0.25, 0.3) is 0 Å². The van der Waals surface area contributed by atoms with Crippen molar-refractivity contribution in [2.45, 2.75) is 23.7 Å². The first-order valence-corrected chi connectivity index (χ1v) is 11.0. The van der Waals surface area contributed by atoms with Gasteiger partial charge in [-0.15, -0.1) is 6.58 Å². The van der Waals surface area contributed by atoms with E-state index in [1.54, 1.807) is 18.2 Å². The second-order valence-electron chi connectivity index (χ2n) is 7.03. The van der Waals surface area contributed by atoms with Gasteiger partial charge in [0.2, 0.25) is 15.9 Å². The number of amidine groups is 1. The highest BCUT2D eigenvalue weighted by Crippen LogP contribution is 2.39. The van der Waals surface area contributed by atoms with E-state index in [1.807, 2.05) is 0 Å². The average Bonchev–Trinajstić information content (AvgIpc) is 3.01. The van der Waals surface area contributed by atoms with E-state index in [9.17, 15) is 31.2 Å². The second kappa shape index (κ2) is 8.79. The van der Waals surface area contributed by atoms with E-state index in [0.717, 1.165) is 17.0 Å². The fourth-order valence-corrected chi connectivity index (χ4v) is 4.40. The lowest BCUT2D eigenvalue weighted by molar-refractivity contribution is -0.194. The molecule has 0 aliphatic carbocycles. The van der Waals surface area contributed by atoms with E-state index in [0.29, 0.717) is 0 Å². The zero-order chi connectivity index (χ0) is 24.4. The normalized spacial score (nSPS) is 18.7. The van der Waals surface area contributed by atoms with Gasteiger partial charge < -0.3 is 5.32 Å². The minimum Gasteiger partial charge on any atom is -0.326 e. The minimum atomic E-state index is -5.40. The maximum Gasteiger partial charge on any atom is 0.437 e. The molecule has 1 atom stereocenters. The number of amides is 2. The van der Waals surface area contributed by atoms with Crippen LogP contribution in [0, 0.1) is 0 Å². The summed E-state index contributed by atoms with van der Waals surface area (Å²) < 4.78 is 70.0. The van der Waals surface area contributed by atoms with Gasteiger partial charge in [-0.05, 0) is 24.3 Å². The van der Waals surface area contributed by atoms with Crippen LogP contribution in [0.2, 0.25) is 0 Å². The molecule has 2 amide bonds. The fourth-order valence-electron chi connectivity index (χ4n) is 3.15. The molecule has 2 aromatic carbocycles. The summed E-state index contributed by atoms with van der Waals surface area (Å²) in [5, 5.41) is 2.41. The third-order valence-electron chi connectivity index (χ3n) is 4.60. The Morgan fingerprint density at radius 2 is 1.76 bits per heavy atom.